The number of hydrogen-bond acceptors (Lipinski definition) is 1. The first kappa shape index (κ1) is 10.2. The first-order valence-electron chi connectivity index (χ1n) is 5.06. The third-order valence-corrected chi connectivity index (χ3v) is 3.61. The highest BCUT2D eigenvalue weighted by molar-refractivity contribution is 9.10. The van der Waals surface area contributed by atoms with Crippen LogP contribution in [0.15, 0.2) is 22.7 Å². The van der Waals surface area contributed by atoms with E-state index in [-0.39, 0.29) is 0 Å². The number of benzene rings is 1. The molecule has 1 aliphatic rings. The van der Waals surface area contributed by atoms with Crippen molar-refractivity contribution in [2.45, 2.75) is 38.2 Å². The molecule has 1 aromatic carbocycles. The van der Waals surface area contributed by atoms with Crippen molar-refractivity contribution in [1.29, 1.82) is 0 Å². The van der Waals surface area contributed by atoms with Crippen LogP contribution < -0.4 is 0 Å². The summed E-state index contributed by atoms with van der Waals surface area (Å²) < 4.78 is 1.10. The van der Waals surface area contributed by atoms with Crippen LogP contribution in [-0.2, 0) is 6.42 Å². The summed E-state index contributed by atoms with van der Waals surface area (Å²) in [6.45, 7) is 2.10. The minimum Gasteiger partial charge on any atom is -0.390 e. The van der Waals surface area contributed by atoms with Gasteiger partial charge in [0.25, 0.3) is 0 Å². The molecule has 0 bridgehead atoms. The summed E-state index contributed by atoms with van der Waals surface area (Å²) in [5.41, 5.74) is 2.13. The Bertz CT molecular complexity index is 342. The van der Waals surface area contributed by atoms with Gasteiger partial charge >= 0.3 is 0 Å². The molecule has 76 valence electrons. The van der Waals surface area contributed by atoms with Crippen LogP contribution in [0.4, 0.5) is 0 Å². The van der Waals surface area contributed by atoms with Gasteiger partial charge in [-0.3, -0.25) is 0 Å². The molecule has 0 amide bonds. The van der Waals surface area contributed by atoms with Crippen LogP contribution in [0.1, 0.15) is 30.4 Å². The van der Waals surface area contributed by atoms with E-state index in [1.165, 1.54) is 17.5 Å². The van der Waals surface area contributed by atoms with Gasteiger partial charge in [0.1, 0.15) is 0 Å². The SMILES string of the molecule is Cc1ccc(Br)cc1CC1(O)CCC1. The van der Waals surface area contributed by atoms with Crippen molar-refractivity contribution in [1.82, 2.24) is 0 Å². The van der Waals surface area contributed by atoms with Gasteiger partial charge < -0.3 is 5.11 Å². The maximum Gasteiger partial charge on any atom is 0.0688 e. The van der Waals surface area contributed by atoms with Gasteiger partial charge in [0, 0.05) is 10.9 Å². The lowest BCUT2D eigenvalue weighted by Gasteiger charge is -2.37. The van der Waals surface area contributed by atoms with Crippen molar-refractivity contribution in [2.24, 2.45) is 0 Å². The molecule has 1 aromatic rings. The zero-order valence-corrected chi connectivity index (χ0v) is 9.97. The summed E-state index contributed by atoms with van der Waals surface area (Å²) in [6, 6.07) is 6.26. The number of halogens is 1. The average molecular weight is 255 g/mol. The van der Waals surface area contributed by atoms with Gasteiger partial charge in [-0.05, 0) is 49.4 Å². The summed E-state index contributed by atoms with van der Waals surface area (Å²) in [4.78, 5) is 0. The molecule has 1 saturated carbocycles. The fourth-order valence-electron chi connectivity index (χ4n) is 1.95. The molecule has 0 aromatic heterocycles. The maximum atomic E-state index is 10.1. The van der Waals surface area contributed by atoms with Crippen molar-refractivity contribution < 1.29 is 5.11 Å². The van der Waals surface area contributed by atoms with Crippen molar-refractivity contribution in [3.05, 3.63) is 33.8 Å². The van der Waals surface area contributed by atoms with E-state index in [0.29, 0.717) is 0 Å². The fourth-order valence-corrected chi connectivity index (χ4v) is 2.36. The molecule has 1 aliphatic carbocycles. The molecule has 0 radical (unpaired) electrons. The second-order valence-electron chi connectivity index (χ2n) is 4.33. The van der Waals surface area contributed by atoms with Crippen molar-refractivity contribution in [2.75, 3.05) is 0 Å². The van der Waals surface area contributed by atoms with Gasteiger partial charge in [0.05, 0.1) is 5.60 Å². The minimum atomic E-state index is -0.411. The minimum absolute atomic E-state index is 0.411. The summed E-state index contributed by atoms with van der Waals surface area (Å²) in [6.07, 6.45) is 3.89. The van der Waals surface area contributed by atoms with E-state index < -0.39 is 5.60 Å². The van der Waals surface area contributed by atoms with Crippen molar-refractivity contribution >= 4 is 15.9 Å². The highest BCUT2D eigenvalue weighted by Gasteiger charge is 2.34. The molecule has 0 saturated heterocycles. The largest absolute Gasteiger partial charge is 0.390 e. The molecule has 0 spiro atoms. The van der Waals surface area contributed by atoms with E-state index >= 15 is 0 Å². The standard InChI is InChI=1S/C12H15BrO/c1-9-3-4-11(13)7-10(9)8-12(14)5-2-6-12/h3-4,7,14H,2,5-6,8H2,1H3. The van der Waals surface area contributed by atoms with Crippen LogP contribution >= 0.6 is 15.9 Å². The normalized spacial score (nSPS) is 19.1. The van der Waals surface area contributed by atoms with E-state index in [0.717, 1.165) is 23.7 Å². The Morgan fingerprint density at radius 2 is 2.14 bits per heavy atom. The highest BCUT2D eigenvalue weighted by atomic mass is 79.9. The Kier molecular flexibility index (Phi) is 2.67. The van der Waals surface area contributed by atoms with Gasteiger partial charge in [0.2, 0.25) is 0 Å². The van der Waals surface area contributed by atoms with Gasteiger partial charge in [-0.2, -0.15) is 0 Å². The summed E-state index contributed by atoms with van der Waals surface area (Å²) in [5, 5.41) is 10.1. The van der Waals surface area contributed by atoms with Crippen LogP contribution in [0.2, 0.25) is 0 Å². The molecule has 0 atom stereocenters. The molecular formula is C12H15BrO. The Morgan fingerprint density at radius 3 is 2.71 bits per heavy atom. The second-order valence-corrected chi connectivity index (χ2v) is 5.24. The number of aryl methyl sites for hydroxylation is 1. The monoisotopic (exact) mass is 254 g/mol. The Hall–Kier alpha value is -0.340. The molecule has 1 fully saturated rings. The smallest absolute Gasteiger partial charge is 0.0688 e. The third kappa shape index (κ3) is 2.01. The fraction of sp³-hybridized carbons (Fsp3) is 0.500. The van der Waals surface area contributed by atoms with Crippen LogP contribution in [0.3, 0.4) is 0 Å². The van der Waals surface area contributed by atoms with E-state index in [1.54, 1.807) is 0 Å². The lowest BCUT2D eigenvalue weighted by molar-refractivity contribution is -0.0324. The van der Waals surface area contributed by atoms with E-state index in [9.17, 15) is 5.11 Å². The topological polar surface area (TPSA) is 20.2 Å². The zero-order valence-electron chi connectivity index (χ0n) is 8.39. The Morgan fingerprint density at radius 1 is 1.43 bits per heavy atom. The highest BCUT2D eigenvalue weighted by Crippen LogP contribution is 2.35. The van der Waals surface area contributed by atoms with Crippen molar-refractivity contribution in [3.63, 3.8) is 0 Å². The molecule has 0 unspecified atom stereocenters. The summed E-state index contributed by atoms with van der Waals surface area (Å²) >= 11 is 3.46. The number of hydrogen-bond donors (Lipinski definition) is 1. The van der Waals surface area contributed by atoms with Gasteiger partial charge in [-0.1, -0.05) is 22.0 Å². The van der Waals surface area contributed by atoms with Crippen molar-refractivity contribution in [3.8, 4) is 0 Å². The Balaban J connectivity index is 2.19. The predicted molar refractivity (Wildman–Crippen MR) is 61.4 cm³/mol. The van der Waals surface area contributed by atoms with Gasteiger partial charge in [0.15, 0.2) is 0 Å². The molecule has 2 rings (SSSR count). The first-order chi connectivity index (χ1) is 6.59. The molecule has 14 heavy (non-hydrogen) atoms. The molecular weight excluding hydrogens is 240 g/mol. The predicted octanol–water partition coefficient (Wildman–Crippen LogP) is 3.22. The summed E-state index contributed by atoms with van der Waals surface area (Å²) in [5.74, 6) is 0. The number of rotatable bonds is 2. The first-order valence-corrected chi connectivity index (χ1v) is 5.86. The van der Waals surface area contributed by atoms with E-state index in [2.05, 4.69) is 35.0 Å². The van der Waals surface area contributed by atoms with Gasteiger partial charge in [-0.15, -0.1) is 0 Å². The second kappa shape index (κ2) is 3.67. The lowest BCUT2D eigenvalue weighted by atomic mass is 9.75. The lowest BCUT2D eigenvalue weighted by Crippen LogP contribution is -2.39. The van der Waals surface area contributed by atoms with Crippen LogP contribution in [0.5, 0.6) is 0 Å². The molecule has 1 nitrogen and oxygen atoms in total. The van der Waals surface area contributed by atoms with E-state index in [1.807, 2.05) is 6.07 Å². The molecule has 0 heterocycles. The quantitative estimate of drug-likeness (QED) is 0.860. The summed E-state index contributed by atoms with van der Waals surface area (Å²) in [7, 11) is 0. The zero-order chi connectivity index (χ0) is 10.2. The molecule has 0 aliphatic heterocycles. The van der Waals surface area contributed by atoms with E-state index in [4.69, 9.17) is 0 Å². The average Bonchev–Trinajstić information content (AvgIpc) is 2.09. The van der Waals surface area contributed by atoms with Gasteiger partial charge in [-0.25, -0.2) is 0 Å². The van der Waals surface area contributed by atoms with Crippen LogP contribution in [-0.4, -0.2) is 10.7 Å². The number of aliphatic hydroxyl groups is 1. The van der Waals surface area contributed by atoms with Crippen LogP contribution in [0, 0.1) is 6.92 Å². The van der Waals surface area contributed by atoms with Crippen LogP contribution in [0.25, 0.3) is 0 Å². The third-order valence-electron chi connectivity index (χ3n) is 3.11. The molecule has 2 heteroatoms. The maximum absolute atomic E-state index is 10.1. The molecule has 1 N–H and O–H groups in total. The Labute approximate surface area is 93.3 Å².